The number of nitrogens with one attached hydrogen (secondary N) is 2. The molecule has 0 atom stereocenters. The van der Waals surface area contributed by atoms with Crippen LogP contribution in [0.1, 0.15) is 19.4 Å². The van der Waals surface area contributed by atoms with Crippen LogP contribution in [0.4, 0.5) is 11.4 Å². The Balaban J connectivity index is 1.78. The first-order chi connectivity index (χ1) is 12.3. The lowest BCUT2D eigenvalue weighted by molar-refractivity contribution is -0.129. The number of para-hydroxylation sites is 1. The van der Waals surface area contributed by atoms with Gasteiger partial charge in [0.15, 0.2) is 5.60 Å². The number of halogens is 2. The molecule has 1 aliphatic rings. The predicted molar refractivity (Wildman–Crippen MR) is 104 cm³/mol. The highest BCUT2D eigenvalue weighted by Crippen LogP contribution is 2.38. The lowest BCUT2D eigenvalue weighted by atomic mass is 10.1. The third-order valence-corrected chi connectivity index (χ3v) is 4.37. The van der Waals surface area contributed by atoms with Gasteiger partial charge in [-0.2, -0.15) is 0 Å². The van der Waals surface area contributed by atoms with Crippen molar-refractivity contribution in [3.05, 3.63) is 58.1 Å². The molecule has 2 N–H and O–H groups in total. The first kappa shape index (κ1) is 18.3. The van der Waals surface area contributed by atoms with Crippen LogP contribution < -0.4 is 15.4 Å². The summed E-state index contributed by atoms with van der Waals surface area (Å²) in [4.78, 5) is 24.3. The standard InChI is InChI=1S/C19H16Cl2N2O3/c1-19(2)18(25)23-17-14(4-3-5-15(17)26-19)22-16(24)9-7-11-6-8-12(20)10-13(11)21/h3-10H,1-2H3,(H,22,24)(H,23,25)/b9-7+. The maximum Gasteiger partial charge on any atom is 0.268 e. The molecule has 0 aromatic heterocycles. The second-order valence-electron chi connectivity index (χ2n) is 6.23. The van der Waals surface area contributed by atoms with E-state index in [1.54, 1.807) is 56.3 Å². The van der Waals surface area contributed by atoms with Crippen molar-refractivity contribution in [1.29, 1.82) is 0 Å². The summed E-state index contributed by atoms with van der Waals surface area (Å²) in [5, 5.41) is 6.47. The Kier molecular flexibility index (Phi) is 4.94. The van der Waals surface area contributed by atoms with Gasteiger partial charge in [0.1, 0.15) is 11.4 Å². The molecule has 134 valence electrons. The van der Waals surface area contributed by atoms with E-state index in [0.717, 1.165) is 0 Å². The van der Waals surface area contributed by atoms with Gasteiger partial charge in [-0.1, -0.05) is 35.3 Å². The van der Waals surface area contributed by atoms with Crippen molar-refractivity contribution < 1.29 is 14.3 Å². The summed E-state index contributed by atoms with van der Waals surface area (Å²) in [5.74, 6) is -0.157. The van der Waals surface area contributed by atoms with Gasteiger partial charge in [0, 0.05) is 16.1 Å². The van der Waals surface area contributed by atoms with Crippen molar-refractivity contribution in [1.82, 2.24) is 0 Å². The van der Waals surface area contributed by atoms with Crippen molar-refractivity contribution in [2.45, 2.75) is 19.4 Å². The highest BCUT2D eigenvalue weighted by atomic mass is 35.5. The van der Waals surface area contributed by atoms with Crippen LogP contribution in [-0.4, -0.2) is 17.4 Å². The minimum absolute atomic E-state index is 0.282. The van der Waals surface area contributed by atoms with Crippen molar-refractivity contribution in [2.24, 2.45) is 0 Å². The number of fused-ring (bicyclic) bond motifs is 1. The third-order valence-electron chi connectivity index (χ3n) is 3.81. The Morgan fingerprint density at radius 1 is 1.23 bits per heavy atom. The SMILES string of the molecule is CC1(C)Oc2cccc(NC(=O)/C=C/c3ccc(Cl)cc3Cl)c2NC1=O. The van der Waals surface area contributed by atoms with Crippen molar-refractivity contribution >= 4 is 52.5 Å². The van der Waals surface area contributed by atoms with E-state index in [4.69, 9.17) is 27.9 Å². The third kappa shape index (κ3) is 3.84. The molecular weight excluding hydrogens is 375 g/mol. The molecule has 2 aromatic rings. The molecule has 2 aromatic carbocycles. The van der Waals surface area contributed by atoms with E-state index in [0.29, 0.717) is 32.7 Å². The van der Waals surface area contributed by atoms with Gasteiger partial charge in [0.2, 0.25) is 5.91 Å². The number of carbonyl (C=O) groups excluding carboxylic acids is 2. The lowest BCUT2D eigenvalue weighted by Crippen LogP contribution is -2.45. The minimum Gasteiger partial charge on any atom is -0.476 e. The molecule has 0 radical (unpaired) electrons. The van der Waals surface area contributed by atoms with E-state index in [1.165, 1.54) is 6.08 Å². The summed E-state index contributed by atoms with van der Waals surface area (Å²) in [7, 11) is 0. The molecule has 1 aliphatic heterocycles. The van der Waals surface area contributed by atoms with Gasteiger partial charge in [-0.15, -0.1) is 0 Å². The van der Waals surface area contributed by atoms with Crippen LogP contribution in [-0.2, 0) is 9.59 Å². The predicted octanol–water partition coefficient (Wildman–Crippen LogP) is 4.75. The molecule has 0 aliphatic carbocycles. The monoisotopic (exact) mass is 390 g/mol. The number of benzene rings is 2. The fraction of sp³-hybridized carbons (Fsp3) is 0.158. The molecule has 3 rings (SSSR count). The molecular formula is C19H16Cl2N2O3. The smallest absolute Gasteiger partial charge is 0.268 e. The highest BCUT2D eigenvalue weighted by molar-refractivity contribution is 6.35. The zero-order valence-corrected chi connectivity index (χ0v) is 15.6. The molecule has 26 heavy (non-hydrogen) atoms. The van der Waals surface area contributed by atoms with E-state index in [9.17, 15) is 9.59 Å². The first-order valence-corrected chi connectivity index (χ1v) is 8.59. The number of hydrogen-bond donors (Lipinski definition) is 2. The number of rotatable bonds is 3. The number of amides is 2. The van der Waals surface area contributed by atoms with Gasteiger partial charge in [-0.3, -0.25) is 9.59 Å². The zero-order chi connectivity index (χ0) is 18.9. The second-order valence-corrected chi connectivity index (χ2v) is 7.08. The largest absolute Gasteiger partial charge is 0.476 e. The number of anilines is 2. The van der Waals surface area contributed by atoms with Crippen LogP contribution in [0.2, 0.25) is 10.0 Å². The van der Waals surface area contributed by atoms with Crippen molar-refractivity contribution in [3.8, 4) is 5.75 Å². The summed E-state index contributed by atoms with van der Waals surface area (Å²) in [6.07, 6.45) is 2.94. The molecule has 0 saturated carbocycles. The van der Waals surface area contributed by atoms with E-state index < -0.39 is 5.60 Å². The molecule has 0 fully saturated rings. The number of carbonyl (C=O) groups is 2. The number of hydrogen-bond acceptors (Lipinski definition) is 3. The fourth-order valence-corrected chi connectivity index (χ4v) is 2.88. The average Bonchev–Trinajstić information content (AvgIpc) is 2.55. The van der Waals surface area contributed by atoms with Gasteiger partial charge < -0.3 is 15.4 Å². The van der Waals surface area contributed by atoms with E-state index in [1.807, 2.05) is 0 Å². The van der Waals surface area contributed by atoms with Gasteiger partial charge in [-0.05, 0) is 49.8 Å². The second kappa shape index (κ2) is 7.02. The summed E-state index contributed by atoms with van der Waals surface area (Å²) in [6, 6.07) is 10.2. The van der Waals surface area contributed by atoms with Gasteiger partial charge in [-0.25, -0.2) is 0 Å². The van der Waals surface area contributed by atoms with E-state index >= 15 is 0 Å². The Bertz CT molecular complexity index is 923. The van der Waals surface area contributed by atoms with Crippen molar-refractivity contribution in [3.63, 3.8) is 0 Å². The van der Waals surface area contributed by atoms with Crippen LogP contribution >= 0.6 is 23.2 Å². The molecule has 2 amide bonds. The Hall–Kier alpha value is -2.50. The molecule has 1 heterocycles. The van der Waals surface area contributed by atoms with Crippen LogP contribution in [0.15, 0.2) is 42.5 Å². The molecule has 0 bridgehead atoms. The van der Waals surface area contributed by atoms with Crippen LogP contribution in [0.25, 0.3) is 6.08 Å². The zero-order valence-electron chi connectivity index (χ0n) is 14.1. The molecule has 0 saturated heterocycles. The first-order valence-electron chi connectivity index (χ1n) is 7.84. The van der Waals surface area contributed by atoms with Crippen LogP contribution in [0.5, 0.6) is 5.75 Å². The van der Waals surface area contributed by atoms with Crippen molar-refractivity contribution in [2.75, 3.05) is 10.6 Å². The van der Waals surface area contributed by atoms with Crippen LogP contribution in [0, 0.1) is 0 Å². The van der Waals surface area contributed by atoms with Gasteiger partial charge >= 0.3 is 0 Å². The maximum absolute atomic E-state index is 12.2. The number of ether oxygens (including phenoxy) is 1. The van der Waals surface area contributed by atoms with E-state index in [2.05, 4.69) is 10.6 Å². The van der Waals surface area contributed by atoms with Gasteiger partial charge in [0.25, 0.3) is 5.91 Å². The fourth-order valence-electron chi connectivity index (χ4n) is 2.41. The minimum atomic E-state index is -0.971. The normalized spacial score (nSPS) is 15.2. The highest BCUT2D eigenvalue weighted by Gasteiger charge is 2.36. The Morgan fingerprint density at radius 2 is 2.00 bits per heavy atom. The molecule has 5 nitrogen and oxygen atoms in total. The van der Waals surface area contributed by atoms with Gasteiger partial charge in [0.05, 0.1) is 5.69 Å². The molecule has 7 heteroatoms. The Labute approximate surface area is 160 Å². The maximum atomic E-state index is 12.2. The lowest BCUT2D eigenvalue weighted by Gasteiger charge is -2.32. The summed E-state index contributed by atoms with van der Waals surface area (Å²) < 4.78 is 5.70. The quantitative estimate of drug-likeness (QED) is 0.742. The summed E-state index contributed by atoms with van der Waals surface area (Å²) in [6.45, 7) is 3.35. The average molecular weight is 391 g/mol. The van der Waals surface area contributed by atoms with Crippen LogP contribution in [0.3, 0.4) is 0 Å². The molecule has 0 unspecified atom stereocenters. The molecule has 0 spiro atoms. The van der Waals surface area contributed by atoms with E-state index in [-0.39, 0.29) is 11.8 Å². The summed E-state index contributed by atoms with van der Waals surface area (Å²) >= 11 is 11.9. The topological polar surface area (TPSA) is 67.4 Å². The Morgan fingerprint density at radius 3 is 2.73 bits per heavy atom. The summed E-state index contributed by atoms with van der Waals surface area (Å²) in [5.41, 5.74) is 0.576.